The number of allylic oxidation sites excluding steroid dienone is 3. The molecule has 0 bridgehead atoms. The van der Waals surface area contributed by atoms with E-state index in [4.69, 9.17) is 23.8 Å². The summed E-state index contributed by atoms with van der Waals surface area (Å²) >= 11 is 11.0. The van der Waals surface area contributed by atoms with E-state index in [1.807, 2.05) is 12.1 Å². The van der Waals surface area contributed by atoms with Crippen LogP contribution in [0.3, 0.4) is 0 Å². The molecule has 3 nitrogen and oxygen atoms in total. The van der Waals surface area contributed by atoms with Crippen LogP contribution in [0.5, 0.6) is 0 Å². The van der Waals surface area contributed by atoms with Crippen LogP contribution >= 0.6 is 23.8 Å². The summed E-state index contributed by atoms with van der Waals surface area (Å²) in [4.78, 5) is 18.1. The number of hydrogen-bond acceptors (Lipinski definition) is 2. The van der Waals surface area contributed by atoms with E-state index in [0.717, 1.165) is 5.56 Å². The monoisotopic (exact) mass is 334 g/mol. The van der Waals surface area contributed by atoms with Gasteiger partial charge < -0.3 is 0 Å². The van der Waals surface area contributed by atoms with Crippen molar-refractivity contribution in [3.8, 4) is 0 Å². The summed E-state index contributed by atoms with van der Waals surface area (Å²) in [5.41, 5.74) is 1.54. The molecule has 1 atom stereocenters. The zero-order chi connectivity index (χ0) is 15.7. The van der Waals surface area contributed by atoms with E-state index < -0.39 is 11.7 Å². The number of amides is 1. The first kappa shape index (κ1) is 15.1. The number of thiocarbonyl (C=S) groups is 1. The summed E-state index contributed by atoms with van der Waals surface area (Å²) in [5, 5.41) is 0.891. The fraction of sp³-hybridized carbons (Fsp3) is 0.188. The summed E-state index contributed by atoms with van der Waals surface area (Å²) in [5.74, 6) is -1.34. The van der Waals surface area contributed by atoms with Crippen molar-refractivity contribution in [1.29, 1.82) is 0 Å². The number of nitrogens with zero attached hydrogens (tertiary/aromatic N) is 2. The number of fused-ring (bicyclic) bond motifs is 1. The van der Waals surface area contributed by atoms with Crippen LogP contribution < -0.4 is 0 Å². The minimum absolute atomic E-state index is 0.227. The number of rotatable bonds is 3. The molecule has 0 radical (unpaired) electrons. The van der Waals surface area contributed by atoms with Crippen LogP contribution in [0.2, 0.25) is 5.02 Å². The third kappa shape index (κ3) is 3.00. The van der Waals surface area contributed by atoms with Crippen molar-refractivity contribution in [2.75, 3.05) is 6.54 Å². The van der Waals surface area contributed by atoms with Gasteiger partial charge in [0, 0.05) is 11.6 Å². The molecule has 6 heteroatoms. The number of carbonyl (C=O) groups excluding carboxylic acids is 1. The second-order valence-electron chi connectivity index (χ2n) is 5.05. The lowest BCUT2D eigenvalue weighted by molar-refractivity contribution is -0.128. The largest absolute Gasteiger partial charge is 0.286 e. The summed E-state index contributed by atoms with van der Waals surface area (Å²) in [6.07, 6.45) is 4.69. The van der Waals surface area contributed by atoms with E-state index in [9.17, 15) is 9.18 Å². The maximum Gasteiger partial charge on any atom is 0.241 e. The zero-order valence-electron chi connectivity index (χ0n) is 11.5. The van der Waals surface area contributed by atoms with Gasteiger partial charge >= 0.3 is 0 Å². The fourth-order valence-electron chi connectivity index (χ4n) is 2.40. The molecule has 1 unspecified atom stereocenters. The number of halogens is 2. The highest BCUT2D eigenvalue weighted by atomic mass is 35.5. The highest BCUT2D eigenvalue weighted by Crippen LogP contribution is 2.23. The van der Waals surface area contributed by atoms with Crippen LogP contribution in [-0.4, -0.2) is 28.2 Å². The van der Waals surface area contributed by atoms with Crippen molar-refractivity contribution in [3.05, 3.63) is 58.9 Å². The lowest BCUT2D eigenvalue weighted by Crippen LogP contribution is -2.46. The fourth-order valence-corrected chi connectivity index (χ4v) is 2.82. The Balaban J connectivity index is 1.75. The molecule has 1 aliphatic carbocycles. The third-order valence-electron chi connectivity index (χ3n) is 3.58. The lowest BCUT2D eigenvalue weighted by Gasteiger charge is -2.30. The van der Waals surface area contributed by atoms with Crippen LogP contribution in [-0.2, 0) is 11.2 Å². The second-order valence-corrected chi connectivity index (χ2v) is 5.85. The summed E-state index contributed by atoms with van der Waals surface area (Å²) in [7, 11) is 0. The predicted octanol–water partition coefficient (Wildman–Crippen LogP) is 3.49. The first-order chi connectivity index (χ1) is 10.5. The minimum Gasteiger partial charge on any atom is -0.286 e. The van der Waals surface area contributed by atoms with Crippen LogP contribution in [0.25, 0.3) is 0 Å². The molecule has 0 N–H and O–H groups in total. The van der Waals surface area contributed by atoms with Crippen LogP contribution in [0.15, 0.2) is 53.3 Å². The third-order valence-corrected chi connectivity index (χ3v) is 4.15. The van der Waals surface area contributed by atoms with Crippen molar-refractivity contribution in [1.82, 2.24) is 4.90 Å². The van der Waals surface area contributed by atoms with Crippen molar-refractivity contribution >= 4 is 40.6 Å². The Morgan fingerprint density at radius 1 is 1.27 bits per heavy atom. The van der Waals surface area contributed by atoms with E-state index in [2.05, 4.69) is 4.99 Å². The second kappa shape index (κ2) is 6.10. The molecule has 1 amide bonds. The van der Waals surface area contributed by atoms with Gasteiger partial charge in [-0.15, -0.1) is 0 Å². The summed E-state index contributed by atoms with van der Waals surface area (Å²) in [6, 6.07) is 7.40. The molecular formula is C16H12ClFN2OS. The highest BCUT2D eigenvalue weighted by molar-refractivity contribution is 7.80. The highest BCUT2D eigenvalue weighted by Gasteiger charge is 2.34. The van der Waals surface area contributed by atoms with Gasteiger partial charge in [-0.3, -0.25) is 9.69 Å². The Hall–Kier alpha value is -1.85. The topological polar surface area (TPSA) is 32.7 Å². The van der Waals surface area contributed by atoms with E-state index in [1.165, 1.54) is 23.1 Å². The molecule has 1 heterocycles. The Kier molecular flexibility index (Phi) is 4.18. The molecule has 1 aromatic carbocycles. The standard InChI is InChI=1S/C16H12ClFN2OS/c17-11-3-1-10(2-4-11)7-8-20-15(21)13-9-12(18)5-6-14(13)19-16(20)22/h1-6,9,13H,7-8H2. The Morgan fingerprint density at radius 2 is 2.00 bits per heavy atom. The molecule has 1 aromatic rings. The predicted molar refractivity (Wildman–Crippen MR) is 88.7 cm³/mol. The molecule has 0 aromatic heterocycles. The lowest BCUT2D eigenvalue weighted by atomic mass is 9.95. The SMILES string of the molecule is O=C1C2C=C(F)C=CC2=NC(=S)N1CCc1ccc(Cl)cc1. The molecule has 3 rings (SSSR count). The van der Waals surface area contributed by atoms with Crippen molar-refractivity contribution in [3.63, 3.8) is 0 Å². The van der Waals surface area contributed by atoms with Gasteiger partial charge in [-0.25, -0.2) is 9.38 Å². The van der Waals surface area contributed by atoms with Crippen LogP contribution in [0.1, 0.15) is 5.56 Å². The Morgan fingerprint density at radius 3 is 2.73 bits per heavy atom. The van der Waals surface area contributed by atoms with Crippen LogP contribution in [0.4, 0.5) is 4.39 Å². The van der Waals surface area contributed by atoms with E-state index in [-0.39, 0.29) is 11.0 Å². The molecule has 2 aliphatic rings. The molecule has 0 saturated carbocycles. The Labute approximate surface area is 137 Å². The van der Waals surface area contributed by atoms with Gasteiger partial charge in [-0.05, 0) is 54.6 Å². The first-order valence-corrected chi connectivity index (χ1v) is 7.57. The van der Waals surface area contributed by atoms with Gasteiger partial charge in [0.1, 0.15) is 11.7 Å². The van der Waals surface area contributed by atoms with E-state index in [0.29, 0.717) is 23.7 Å². The van der Waals surface area contributed by atoms with Crippen molar-refractivity contribution < 1.29 is 9.18 Å². The molecule has 1 aliphatic heterocycles. The normalized spacial score (nSPS) is 20.6. The molecular weight excluding hydrogens is 323 g/mol. The van der Waals surface area contributed by atoms with Gasteiger partial charge in [0.25, 0.3) is 0 Å². The Bertz CT molecular complexity index is 724. The zero-order valence-corrected chi connectivity index (χ0v) is 13.1. The maximum atomic E-state index is 13.3. The van der Waals surface area contributed by atoms with Crippen LogP contribution in [0, 0.1) is 5.92 Å². The van der Waals surface area contributed by atoms with Crippen molar-refractivity contribution in [2.24, 2.45) is 10.9 Å². The van der Waals surface area contributed by atoms with Gasteiger partial charge in [0.15, 0.2) is 0 Å². The van der Waals surface area contributed by atoms with E-state index >= 15 is 0 Å². The minimum atomic E-state index is -0.679. The smallest absolute Gasteiger partial charge is 0.241 e. The van der Waals surface area contributed by atoms with Crippen molar-refractivity contribution in [2.45, 2.75) is 6.42 Å². The molecule has 0 fully saturated rings. The quantitative estimate of drug-likeness (QED) is 0.793. The first-order valence-electron chi connectivity index (χ1n) is 6.78. The number of benzene rings is 1. The maximum absolute atomic E-state index is 13.3. The number of hydrogen-bond donors (Lipinski definition) is 0. The number of carbonyl (C=O) groups is 1. The van der Waals surface area contributed by atoms with E-state index in [1.54, 1.807) is 12.1 Å². The molecule has 22 heavy (non-hydrogen) atoms. The average molecular weight is 335 g/mol. The van der Waals surface area contributed by atoms with Gasteiger partial charge in [0.2, 0.25) is 11.0 Å². The van der Waals surface area contributed by atoms with Gasteiger partial charge in [-0.1, -0.05) is 23.7 Å². The molecule has 0 saturated heterocycles. The van der Waals surface area contributed by atoms with Gasteiger partial charge in [-0.2, -0.15) is 0 Å². The number of aliphatic imine (C=N–C) groups is 1. The summed E-state index contributed by atoms with van der Waals surface area (Å²) < 4.78 is 13.3. The average Bonchev–Trinajstić information content (AvgIpc) is 2.50. The summed E-state index contributed by atoms with van der Waals surface area (Å²) in [6.45, 7) is 0.408. The van der Waals surface area contributed by atoms with Gasteiger partial charge in [0.05, 0.1) is 5.71 Å². The molecule has 0 spiro atoms. The molecule has 112 valence electrons.